The van der Waals surface area contributed by atoms with Gasteiger partial charge >= 0.3 is 5.97 Å². The summed E-state index contributed by atoms with van der Waals surface area (Å²) in [5.41, 5.74) is 6.07. The number of nitriles is 1. The number of carbonyl (C=O) groups is 1. The number of benzene rings is 3. The summed E-state index contributed by atoms with van der Waals surface area (Å²) in [6.07, 6.45) is 0. The molecule has 1 atom stereocenters. The van der Waals surface area contributed by atoms with E-state index in [0.29, 0.717) is 5.56 Å². The lowest BCUT2D eigenvalue weighted by Gasteiger charge is -2.27. The van der Waals surface area contributed by atoms with Gasteiger partial charge in [0.15, 0.2) is 0 Å². The van der Waals surface area contributed by atoms with Gasteiger partial charge in [0.05, 0.1) is 16.4 Å². The molecular formula is C23H13ClFN3O5. The molecule has 0 saturated carbocycles. The number of nitro benzene ring substituents is 1. The fourth-order valence-electron chi connectivity index (χ4n) is 3.49. The number of esters is 1. The highest BCUT2D eigenvalue weighted by Gasteiger charge is 2.34. The van der Waals surface area contributed by atoms with E-state index in [1.54, 1.807) is 0 Å². The summed E-state index contributed by atoms with van der Waals surface area (Å²) in [6.45, 7) is 0. The van der Waals surface area contributed by atoms with Crippen LogP contribution in [-0.4, -0.2) is 10.9 Å². The lowest BCUT2D eigenvalue weighted by Crippen LogP contribution is -2.22. The topological polar surface area (TPSA) is 128 Å². The number of rotatable bonds is 4. The Morgan fingerprint density at radius 2 is 1.97 bits per heavy atom. The zero-order valence-corrected chi connectivity index (χ0v) is 17.4. The van der Waals surface area contributed by atoms with Crippen LogP contribution in [0.5, 0.6) is 11.5 Å². The number of halogens is 2. The van der Waals surface area contributed by atoms with E-state index in [-0.39, 0.29) is 44.8 Å². The van der Waals surface area contributed by atoms with Gasteiger partial charge in [0.1, 0.15) is 29.0 Å². The number of non-ortho nitro benzene ring substituents is 1. The van der Waals surface area contributed by atoms with Crippen LogP contribution in [0.2, 0.25) is 5.02 Å². The minimum Gasteiger partial charge on any atom is -0.440 e. The van der Waals surface area contributed by atoms with Crippen LogP contribution in [0, 0.1) is 27.3 Å². The Bertz CT molecular complexity index is 1360. The monoisotopic (exact) mass is 465 g/mol. The van der Waals surface area contributed by atoms with E-state index in [1.807, 2.05) is 6.07 Å². The maximum absolute atomic E-state index is 14.7. The first kappa shape index (κ1) is 21.8. The molecule has 0 spiro atoms. The Balaban J connectivity index is 1.72. The second-order valence-corrected chi connectivity index (χ2v) is 7.36. The van der Waals surface area contributed by atoms with Gasteiger partial charge in [-0.3, -0.25) is 10.1 Å². The molecule has 4 rings (SSSR count). The van der Waals surface area contributed by atoms with E-state index in [2.05, 4.69) is 0 Å². The fraction of sp³-hybridized carbons (Fsp3) is 0.0435. The molecule has 2 N–H and O–H groups in total. The summed E-state index contributed by atoms with van der Waals surface area (Å²) in [5.74, 6) is -2.44. The quantitative estimate of drug-likeness (QED) is 0.253. The first-order valence-electron chi connectivity index (χ1n) is 9.42. The van der Waals surface area contributed by atoms with Crippen LogP contribution in [0.25, 0.3) is 0 Å². The van der Waals surface area contributed by atoms with Gasteiger partial charge in [-0.2, -0.15) is 5.26 Å². The molecular weight excluding hydrogens is 453 g/mol. The number of carbonyl (C=O) groups excluding carboxylic acids is 1. The standard InChI is InChI=1S/C23H13ClFN3O5/c24-17-5-2-6-18(25)21(17)20-15-8-7-14(10-19(15)33-22(27)16(20)11-26)32-23(29)12-3-1-4-13(9-12)28(30)31/h1-10,20H,27H2. The summed E-state index contributed by atoms with van der Waals surface area (Å²) in [5, 5.41) is 20.7. The van der Waals surface area contributed by atoms with E-state index in [9.17, 15) is 24.6 Å². The summed E-state index contributed by atoms with van der Waals surface area (Å²) >= 11 is 6.23. The average molecular weight is 466 g/mol. The maximum Gasteiger partial charge on any atom is 0.343 e. The molecule has 3 aromatic rings. The first-order valence-corrected chi connectivity index (χ1v) is 9.80. The summed E-state index contributed by atoms with van der Waals surface area (Å²) in [4.78, 5) is 22.8. The number of allylic oxidation sites excluding steroid dienone is 1. The number of hydrogen-bond acceptors (Lipinski definition) is 7. The Hall–Kier alpha value is -4.42. The second kappa shape index (κ2) is 8.61. The molecule has 0 radical (unpaired) electrons. The third kappa shape index (κ3) is 4.07. The van der Waals surface area contributed by atoms with Crippen molar-refractivity contribution in [3.63, 3.8) is 0 Å². The SMILES string of the molecule is N#CC1=C(N)Oc2cc(OC(=O)c3cccc([N+](=O)[O-])c3)ccc2C1c1c(F)cccc1Cl. The van der Waals surface area contributed by atoms with Crippen molar-refractivity contribution in [2.24, 2.45) is 5.73 Å². The third-order valence-electron chi connectivity index (χ3n) is 4.98. The third-order valence-corrected chi connectivity index (χ3v) is 5.31. The van der Waals surface area contributed by atoms with Crippen LogP contribution in [-0.2, 0) is 0 Å². The summed E-state index contributed by atoms with van der Waals surface area (Å²) in [6, 6.07) is 15.5. The van der Waals surface area contributed by atoms with Crippen molar-refractivity contribution >= 4 is 23.3 Å². The van der Waals surface area contributed by atoms with Gasteiger partial charge in [0.25, 0.3) is 5.69 Å². The highest BCUT2D eigenvalue weighted by atomic mass is 35.5. The van der Waals surface area contributed by atoms with Crippen molar-refractivity contribution in [1.82, 2.24) is 0 Å². The fourth-order valence-corrected chi connectivity index (χ4v) is 3.77. The molecule has 1 aliphatic rings. The Labute approximate surface area is 191 Å². The Kier molecular flexibility index (Phi) is 5.69. The van der Waals surface area contributed by atoms with E-state index >= 15 is 0 Å². The van der Waals surface area contributed by atoms with Crippen molar-refractivity contribution in [3.05, 3.63) is 110 Å². The number of ether oxygens (including phenoxy) is 2. The van der Waals surface area contributed by atoms with Gasteiger partial charge in [-0.15, -0.1) is 0 Å². The van der Waals surface area contributed by atoms with Crippen LogP contribution >= 0.6 is 11.6 Å². The van der Waals surface area contributed by atoms with Crippen molar-refractivity contribution in [2.75, 3.05) is 0 Å². The van der Waals surface area contributed by atoms with Crippen molar-refractivity contribution in [1.29, 1.82) is 5.26 Å². The van der Waals surface area contributed by atoms with E-state index in [0.717, 1.165) is 6.07 Å². The predicted octanol–water partition coefficient (Wildman–Crippen LogP) is 4.82. The smallest absolute Gasteiger partial charge is 0.343 e. The van der Waals surface area contributed by atoms with E-state index in [4.69, 9.17) is 26.8 Å². The van der Waals surface area contributed by atoms with Crippen LogP contribution < -0.4 is 15.2 Å². The number of nitrogens with zero attached hydrogens (tertiary/aromatic N) is 2. The molecule has 0 bridgehead atoms. The molecule has 1 unspecified atom stereocenters. The molecule has 0 saturated heterocycles. The molecule has 1 aliphatic heterocycles. The van der Waals surface area contributed by atoms with Crippen LogP contribution in [0.4, 0.5) is 10.1 Å². The van der Waals surface area contributed by atoms with Crippen molar-refractivity contribution in [3.8, 4) is 17.6 Å². The lowest BCUT2D eigenvalue weighted by molar-refractivity contribution is -0.384. The highest BCUT2D eigenvalue weighted by Crippen LogP contribution is 2.46. The van der Waals surface area contributed by atoms with Crippen LogP contribution in [0.3, 0.4) is 0 Å². The number of hydrogen-bond donors (Lipinski definition) is 1. The molecule has 8 nitrogen and oxygen atoms in total. The lowest BCUT2D eigenvalue weighted by atomic mass is 9.83. The maximum atomic E-state index is 14.7. The van der Waals surface area contributed by atoms with Gasteiger partial charge in [-0.1, -0.05) is 29.8 Å². The molecule has 164 valence electrons. The van der Waals surface area contributed by atoms with E-state index < -0.39 is 22.6 Å². The van der Waals surface area contributed by atoms with Gasteiger partial charge in [-0.25, -0.2) is 9.18 Å². The molecule has 3 aromatic carbocycles. The molecule has 0 aliphatic carbocycles. The van der Waals surface area contributed by atoms with Gasteiger partial charge in [0.2, 0.25) is 5.88 Å². The highest BCUT2D eigenvalue weighted by molar-refractivity contribution is 6.31. The normalized spacial score (nSPS) is 14.6. The number of nitrogens with two attached hydrogens (primary N) is 1. The summed E-state index contributed by atoms with van der Waals surface area (Å²) in [7, 11) is 0. The molecule has 0 amide bonds. The first-order chi connectivity index (χ1) is 15.8. The minimum absolute atomic E-state index is 0.0177. The van der Waals surface area contributed by atoms with Gasteiger partial charge < -0.3 is 15.2 Å². The predicted molar refractivity (Wildman–Crippen MR) is 115 cm³/mol. The zero-order valence-electron chi connectivity index (χ0n) is 16.6. The van der Waals surface area contributed by atoms with E-state index in [1.165, 1.54) is 54.6 Å². The molecule has 0 fully saturated rings. The Morgan fingerprint density at radius 1 is 1.21 bits per heavy atom. The Morgan fingerprint density at radius 3 is 2.67 bits per heavy atom. The molecule has 1 heterocycles. The zero-order chi connectivity index (χ0) is 23.7. The molecule has 0 aromatic heterocycles. The van der Waals surface area contributed by atoms with Crippen molar-refractivity contribution in [2.45, 2.75) is 5.92 Å². The average Bonchev–Trinajstić information content (AvgIpc) is 2.78. The summed E-state index contributed by atoms with van der Waals surface area (Å²) < 4.78 is 25.5. The number of fused-ring (bicyclic) bond motifs is 1. The van der Waals surface area contributed by atoms with Crippen molar-refractivity contribution < 1.29 is 23.6 Å². The largest absolute Gasteiger partial charge is 0.440 e. The van der Waals surface area contributed by atoms with Gasteiger partial charge in [-0.05, 0) is 24.3 Å². The second-order valence-electron chi connectivity index (χ2n) is 6.96. The van der Waals surface area contributed by atoms with Crippen LogP contribution in [0.15, 0.2) is 72.1 Å². The molecule has 33 heavy (non-hydrogen) atoms. The minimum atomic E-state index is -0.936. The molecule has 10 heteroatoms. The van der Waals surface area contributed by atoms with Crippen LogP contribution in [0.1, 0.15) is 27.4 Å². The van der Waals surface area contributed by atoms with Gasteiger partial charge in [0, 0.05) is 34.3 Å². The number of nitro groups is 1.